The van der Waals surface area contributed by atoms with Gasteiger partial charge in [-0.25, -0.2) is 4.79 Å². The zero-order valence-corrected chi connectivity index (χ0v) is 12.7. The number of fused-ring (bicyclic) bond motifs is 1. The van der Waals surface area contributed by atoms with E-state index in [9.17, 15) is 9.59 Å². The average Bonchev–Trinajstić information content (AvgIpc) is 2.85. The van der Waals surface area contributed by atoms with Crippen molar-refractivity contribution in [2.24, 2.45) is 13.0 Å². The summed E-state index contributed by atoms with van der Waals surface area (Å²) in [4.78, 5) is 33.0. The molecule has 0 saturated carbocycles. The third-order valence-electron chi connectivity index (χ3n) is 4.37. The van der Waals surface area contributed by atoms with Crippen LogP contribution in [0.1, 0.15) is 26.7 Å². The maximum Gasteiger partial charge on any atom is 0.329 e. The van der Waals surface area contributed by atoms with Crippen LogP contribution in [0.3, 0.4) is 0 Å². The second-order valence-corrected chi connectivity index (χ2v) is 5.82. The first-order valence-electron chi connectivity index (χ1n) is 7.47. The van der Waals surface area contributed by atoms with Gasteiger partial charge in [0.05, 0.1) is 0 Å². The number of imidazole rings is 1. The number of rotatable bonds is 2. The van der Waals surface area contributed by atoms with Crippen molar-refractivity contribution in [2.45, 2.75) is 33.2 Å². The molecule has 0 spiro atoms. The van der Waals surface area contributed by atoms with Crippen molar-refractivity contribution >= 4 is 17.1 Å². The van der Waals surface area contributed by atoms with Crippen molar-refractivity contribution in [3.05, 3.63) is 20.8 Å². The number of piperidine rings is 1. The minimum atomic E-state index is -0.424. The van der Waals surface area contributed by atoms with Crippen LogP contribution < -0.4 is 16.1 Å². The Morgan fingerprint density at radius 3 is 2.57 bits per heavy atom. The van der Waals surface area contributed by atoms with E-state index in [1.807, 2.05) is 11.5 Å². The predicted octanol–water partition coefficient (Wildman–Crippen LogP) is 0.679. The lowest BCUT2D eigenvalue weighted by Crippen LogP contribution is -2.35. The minimum absolute atomic E-state index is 0.362. The SMILES string of the molecule is CCn1c(N2CCC(C)CC2)nc2c1c(=O)[nH]c(=O)n2C. The summed E-state index contributed by atoms with van der Waals surface area (Å²) in [5.74, 6) is 1.53. The molecule has 1 aliphatic heterocycles. The van der Waals surface area contributed by atoms with E-state index in [0.29, 0.717) is 17.7 Å². The van der Waals surface area contributed by atoms with E-state index in [-0.39, 0.29) is 5.56 Å². The highest BCUT2D eigenvalue weighted by Crippen LogP contribution is 2.24. The standard InChI is InChI=1S/C14H21N5O2/c1-4-19-10-11(17(3)14(21)16-12(10)20)15-13(19)18-7-5-9(2)6-8-18/h9H,4-8H2,1-3H3,(H,16,20,21). The van der Waals surface area contributed by atoms with Crippen molar-refractivity contribution in [3.63, 3.8) is 0 Å². The Hall–Kier alpha value is -2.05. The zero-order valence-electron chi connectivity index (χ0n) is 12.7. The van der Waals surface area contributed by atoms with Crippen LogP contribution in [0.4, 0.5) is 5.95 Å². The number of H-pyrrole nitrogens is 1. The van der Waals surface area contributed by atoms with Crippen LogP contribution in [-0.4, -0.2) is 32.2 Å². The first kappa shape index (κ1) is 13.9. The molecule has 1 N–H and O–H groups in total. The molecule has 3 heterocycles. The summed E-state index contributed by atoms with van der Waals surface area (Å²) in [6.45, 7) is 6.78. The molecule has 1 aliphatic rings. The largest absolute Gasteiger partial charge is 0.342 e. The summed E-state index contributed by atoms with van der Waals surface area (Å²) in [6, 6.07) is 0. The van der Waals surface area contributed by atoms with Gasteiger partial charge >= 0.3 is 5.69 Å². The number of nitrogens with zero attached hydrogens (tertiary/aromatic N) is 4. The molecule has 0 unspecified atom stereocenters. The molecule has 0 aromatic carbocycles. The van der Waals surface area contributed by atoms with E-state index in [4.69, 9.17) is 0 Å². The fourth-order valence-corrected chi connectivity index (χ4v) is 2.97. The van der Waals surface area contributed by atoms with Gasteiger partial charge in [-0.2, -0.15) is 4.98 Å². The summed E-state index contributed by atoms with van der Waals surface area (Å²) in [7, 11) is 1.63. The third kappa shape index (κ3) is 2.16. The highest BCUT2D eigenvalue weighted by Gasteiger charge is 2.23. The number of aromatic amines is 1. The van der Waals surface area contributed by atoms with E-state index in [0.717, 1.165) is 37.8 Å². The topological polar surface area (TPSA) is 75.9 Å². The molecule has 0 radical (unpaired) electrons. The second kappa shape index (κ2) is 5.05. The van der Waals surface area contributed by atoms with E-state index in [1.165, 1.54) is 4.57 Å². The van der Waals surface area contributed by atoms with Gasteiger partial charge in [0.2, 0.25) is 5.95 Å². The minimum Gasteiger partial charge on any atom is -0.342 e. The van der Waals surface area contributed by atoms with E-state index < -0.39 is 5.69 Å². The lowest BCUT2D eigenvalue weighted by atomic mass is 10.00. The van der Waals surface area contributed by atoms with Crippen LogP contribution >= 0.6 is 0 Å². The predicted molar refractivity (Wildman–Crippen MR) is 81.9 cm³/mol. The molecule has 7 heteroatoms. The quantitative estimate of drug-likeness (QED) is 0.883. The molecule has 114 valence electrons. The summed E-state index contributed by atoms with van der Waals surface area (Å²) in [6.07, 6.45) is 2.25. The highest BCUT2D eigenvalue weighted by atomic mass is 16.2. The molecule has 3 rings (SSSR count). The Morgan fingerprint density at radius 2 is 1.95 bits per heavy atom. The maximum absolute atomic E-state index is 12.1. The molecule has 21 heavy (non-hydrogen) atoms. The monoisotopic (exact) mass is 291 g/mol. The fraction of sp³-hybridized carbons (Fsp3) is 0.643. The van der Waals surface area contributed by atoms with E-state index in [1.54, 1.807) is 7.05 Å². The Bertz CT molecular complexity index is 777. The number of aryl methyl sites for hydroxylation is 2. The van der Waals surface area contributed by atoms with Crippen molar-refractivity contribution in [1.82, 2.24) is 19.1 Å². The molecule has 0 bridgehead atoms. The number of hydrogen-bond donors (Lipinski definition) is 1. The van der Waals surface area contributed by atoms with Crippen molar-refractivity contribution in [2.75, 3.05) is 18.0 Å². The molecular weight excluding hydrogens is 270 g/mol. The second-order valence-electron chi connectivity index (χ2n) is 5.82. The van der Waals surface area contributed by atoms with Gasteiger partial charge in [-0.05, 0) is 25.7 Å². The van der Waals surface area contributed by atoms with Crippen LogP contribution in [0.2, 0.25) is 0 Å². The summed E-state index contributed by atoms with van der Waals surface area (Å²) in [5, 5.41) is 0. The number of aromatic nitrogens is 4. The molecule has 2 aromatic heterocycles. The van der Waals surface area contributed by atoms with Gasteiger partial charge in [-0.15, -0.1) is 0 Å². The van der Waals surface area contributed by atoms with Crippen molar-refractivity contribution in [1.29, 1.82) is 0 Å². The van der Waals surface area contributed by atoms with Gasteiger partial charge in [-0.3, -0.25) is 14.3 Å². The Balaban J connectivity index is 2.20. The van der Waals surface area contributed by atoms with Crippen LogP contribution in [0, 0.1) is 5.92 Å². The van der Waals surface area contributed by atoms with E-state index in [2.05, 4.69) is 21.8 Å². The first-order valence-corrected chi connectivity index (χ1v) is 7.47. The van der Waals surface area contributed by atoms with Crippen LogP contribution in [0.5, 0.6) is 0 Å². The smallest absolute Gasteiger partial charge is 0.329 e. The summed E-state index contributed by atoms with van der Waals surface area (Å²) < 4.78 is 3.31. The third-order valence-corrected chi connectivity index (χ3v) is 4.37. The van der Waals surface area contributed by atoms with Crippen molar-refractivity contribution < 1.29 is 0 Å². The lowest BCUT2D eigenvalue weighted by Gasteiger charge is -2.31. The molecule has 0 atom stereocenters. The van der Waals surface area contributed by atoms with Gasteiger partial charge in [0.1, 0.15) is 0 Å². The molecule has 0 aliphatic carbocycles. The molecule has 7 nitrogen and oxygen atoms in total. The van der Waals surface area contributed by atoms with Gasteiger partial charge < -0.3 is 9.47 Å². The maximum atomic E-state index is 12.1. The average molecular weight is 291 g/mol. The normalized spacial score (nSPS) is 16.8. The first-order chi connectivity index (χ1) is 10.0. The molecule has 0 amide bonds. The van der Waals surface area contributed by atoms with Gasteiger partial charge in [0.15, 0.2) is 11.2 Å². The van der Waals surface area contributed by atoms with Gasteiger partial charge in [0, 0.05) is 26.7 Å². The number of anilines is 1. The summed E-state index contributed by atoms with van der Waals surface area (Å²) in [5.41, 5.74) is 0.151. The van der Waals surface area contributed by atoms with Crippen molar-refractivity contribution in [3.8, 4) is 0 Å². The molecular formula is C14H21N5O2. The number of nitrogens with one attached hydrogen (secondary N) is 1. The van der Waals surface area contributed by atoms with E-state index >= 15 is 0 Å². The molecule has 1 saturated heterocycles. The fourth-order valence-electron chi connectivity index (χ4n) is 2.97. The van der Waals surface area contributed by atoms with Gasteiger partial charge in [0.25, 0.3) is 5.56 Å². The molecule has 1 fully saturated rings. The van der Waals surface area contributed by atoms with Gasteiger partial charge in [-0.1, -0.05) is 6.92 Å². The highest BCUT2D eigenvalue weighted by molar-refractivity contribution is 5.74. The Morgan fingerprint density at radius 1 is 1.29 bits per heavy atom. The lowest BCUT2D eigenvalue weighted by molar-refractivity contribution is 0.431. The number of hydrogen-bond acceptors (Lipinski definition) is 4. The Kier molecular flexibility index (Phi) is 3.35. The van der Waals surface area contributed by atoms with Crippen LogP contribution in [0.15, 0.2) is 9.59 Å². The summed E-state index contributed by atoms with van der Waals surface area (Å²) >= 11 is 0. The zero-order chi connectivity index (χ0) is 15.1. The van der Waals surface area contributed by atoms with Crippen LogP contribution in [0.25, 0.3) is 11.2 Å². The Labute approximate surface area is 122 Å². The van der Waals surface area contributed by atoms with Crippen LogP contribution in [-0.2, 0) is 13.6 Å². The molecule has 2 aromatic rings.